The monoisotopic (exact) mass is 567 g/mol. The first-order valence-electron chi connectivity index (χ1n) is 12.2. The molecule has 1 atom stereocenters. The van der Waals surface area contributed by atoms with E-state index in [0.29, 0.717) is 49.5 Å². The van der Waals surface area contributed by atoms with Crippen LogP contribution in [0.5, 0.6) is 0 Å². The van der Waals surface area contributed by atoms with Gasteiger partial charge in [-0.2, -0.15) is 0 Å². The van der Waals surface area contributed by atoms with E-state index in [1.165, 1.54) is 35.6 Å². The number of hydrogen-bond acceptors (Lipinski definition) is 5. The minimum atomic E-state index is -2.65. The van der Waals surface area contributed by atoms with Gasteiger partial charge >= 0.3 is 0 Å². The third-order valence-electron chi connectivity index (χ3n) is 6.80. The lowest BCUT2D eigenvalue weighted by molar-refractivity contribution is 0.0964. The van der Waals surface area contributed by atoms with Crippen LogP contribution in [0.25, 0.3) is 27.9 Å². The minimum Gasteiger partial charge on any atom is -0.755 e. The van der Waals surface area contributed by atoms with Crippen molar-refractivity contribution in [3.63, 3.8) is 0 Å². The van der Waals surface area contributed by atoms with Gasteiger partial charge < -0.3 is 19.4 Å². The fourth-order valence-electron chi connectivity index (χ4n) is 4.65. The van der Waals surface area contributed by atoms with E-state index in [0.717, 1.165) is 18.4 Å². The predicted octanol–water partition coefficient (Wildman–Crippen LogP) is 5.94. The molecule has 39 heavy (non-hydrogen) atoms. The Hall–Kier alpha value is -3.50. The van der Waals surface area contributed by atoms with E-state index in [4.69, 9.17) is 16.0 Å². The molecule has 7 nitrogen and oxygen atoms in total. The van der Waals surface area contributed by atoms with Crippen LogP contribution in [0.15, 0.2) is 65.6 Å². The van der Waals surface area contributed by atoms with Crippen molar-refractivity contribution in [3.8, 4) is 11.3 Å². The van der Waals surface area contributed by atoms with Crippen molar-refractivity contribution in [2.45, 2.75) is 25.3 Å². The van der Waals surface area contributed by atoms with Crippen LogP contribution >= 0.6 is 11.6 Å². The van der Waals surface area contributed by atoms with Gasteiger partial charge in [-0.25, -0.2) is 4.39 Å². The number of anilines is 1. The van der Waals surface area contributed by atoms with Crippen LogP contribution < -0.4 is 9.62 Å². The number of furan rings is 1. The summed E-state index contributed by atoms with van der Waals surface area (Å²) in [6.07, 6.45) is 1.78. The maximum Gasteiger partial charge on any atom is 0.255 e. The Kier molecular flexibility index (Phi) is 7.59. The lowest BCUT2D eigenvalue weighted by Gasteiger charge is -2.29. The van der Waals surface area contributed by atoms with Gasteiger partial charge in [-0.15, -0.1) is 0 Å². The molecule has 0 aliphatic heterocycles. The molecule has 1 fully saturated rings. The van der Waals surface area contributed by atoms with Gasteiger partial charge in [-0.1, -0.05) is 30.3 Å². The van der Waals surface area contributed by atoms with Gasteiger partial charge in [0.15, 0.2) is 0 Å². The van der Waals surface area contributed by atoms with Crippen LogP contribution in [-0.4, -0.2) is 33.4 Å². The van der Waals surface area contributed by atoms with Gasteiger partial charge in [-0.3, -0.25) is 13.3 Å². The van der Waals surface area contributed by atoms with Crippen LogP contribution in [0.4, 0.5) is 10.1 Å². The standard InChI is InChI=1S/C29H26ClFN2O5S/c1-16(15-34)21-10-3-17(11-24(21)30)14-33(39(36)37)25-13-26-23(12-22(25)18-4-5-18)27(29(35)32-2)28(38-26)19-6-8-20(31)9-7-19/h3,6-13,18,34H,1,4-5,14-15H2,2H3,(H,32,35)(H,36,37)/p-1. The number of carbonyl (C=O) groups excluding carboxylic acids is 1. The molecule has 1 heterocycles. The van der Waals surface area contributed by atoms with Gasteiger partial charge in [0.2, 0.25) is 0 Å². The fourth-order valence-corrected chi connectivity index (χ4v) is 5.56. The first kappa shape index (κ1) is 27.1. The summed E-state index contributed by atoms with van der Waals surface area (Å²) in [4.78, 5) is 13.0. The minimum absolute atomic E-state index is 0.000764. The zero-order chi connectivity index (χ0) is 27.8. The molecule has 3 aromatic carbocycles. The molecule has 5 rings (SSSR count). The Bertz CT molecular complexity index is 1610. The highest BCUT2D eigenvalue weighted by molar-refractivity contribution is 7.80. The molecule has 10 heteroatoms. The molecule has 0 bridgehead atoms. The summed E-state index contributed by atoms with van der Waals surface area (Å²) < 4.78 is 46.0. The Morgan fingerprint density at radius 2 is 1.95 bits per heavy atom. The molecular formula is C29H25ClFN2O5S-. The maximum atomic E-state index is 13.6. The number of fused-ring (bicyclic) bond motifs is 1. The van der Waals surface area contributed by atoms with E-state index in [1.54, 1.807) is 24.3 Å². The van der Waals surface area contributed by atoms with Crippen LogP contribution in [0.1, 0.15) is 45.8 Å². The number of aliphatic hydroxyl groups excluding tert-OH is 1. The molecule has 1 aromatic heterocycles. The molecule has 1 aliphatic carbocycles. The fraction of sp³-hybridized carbons (Fsp3) is 0.207. The number of aliphatic hydroxyl groups is 1. The van der Waals surface area contributed by atoms with Gasteiger partial charge in [0, 0.05) is 40.4 Å². The molecule has 2 N–H and O–H groups in total. The number of rotatable bonds is 9. The SMILES string of the molecule is C=C(CO)c1ccc(CN(c2cc3oc(-c4ccc(F)cc4)c(C(=O)NC)c3cc2C2CC2)S(=O)[O-])cc1Cl. The Morgan fingerprint density at radius 3 is 2.54 bits per heavy atom. The first-order valence-corrected chi connectivity index (χ1v) is 13.7. The summed E-state index contributed by atoms with van der Waals surface area (Å²) >= 11 is 3.75. The van der Waals surface area contributed by atoms with E-state index < -0.39 is 17.1 Å². The van der Waals surface area contributed by atoms with Crippen molar-refractivity contribution in [2.75, 3.05) is 18.0 Å². The molecule has 1 aliphatic rings. The van der Waals surface area contributed by atoms with Gasteiger partial charge in [0.1, 0.15) is 17.2 Å². The van der Waals surface area contributed by atoms with E-state index in [9.17, 15) is 23.1 Å². The number of hydrogen-bond donors (Lipinski definition) is 2. The Labute approximate surface area is 232 Å². The number of benzene rings is 3. The molecular weight excluding hydrogens is 543 g/mol. The molecule has 202 valence electrons. The zero-order valence-electron chi connectivity index (χ0n) is 21.0. The number of nitrogens with one attached hydrogen (secondary N) is 1. The molecule has 1 unspecified atom stereocenters. The van der Waals surface area contributed by atoms with Crippen LogP contribution in [0.3, 0.4) is 0 Å². The second-order valence-electron chi connectivity index (χ2n) is 9.40. The van der Waals surface area contributed by atoms with Gasteiger partial charge in [0.05, 0.1) is 24.4 Å². The summed E-state index contributed by atoms with van der Waals surface area (Å²) in [5.41, 5.74) is 4.06. The highest BCUT2D eigenvalue weighted by Gasteiger charge is 2.31. The molecule has 1 saturated carbocycles. The molecule has 4 aromatic rings. The van der Waals surface area contributed by atoms with E-state index in [1.807, 2.05) is 6.07 Å². The van der Waals surface area contributed by atoms with Crippen molar-refractivity contribution in [1.82, 2.24) is 5.32 Å². The quantitative estimate of drug-likeness (QED) is 0.244. The van der Waals surface area contributed by atoms with E-state index >= 15 is 0 Å². The third kappa shape index (κ3) is 5.35. The van der Waals surface area contributed by atoms with Crippen LogP contribution in [0.2, 0.25) is 5.02 Å². The van der Waals surface area contributed by atoms with Gasteiger partial charge in [-0.05, 0) is 77.4 Å². The van der Waals surface area contributed by atoms with Crippen molar-refractivity contribution >= 4 is 51.0 Å². The van der Waals surface area contributed by atoms with Crippen LogP contribution in [0, 0.1) is 5.82 Å². The topological polar surface area (TPSA) is 106 Å². The summed E-state index contributed by atoms with van der Waals surface area (Å²) in [5.74, 6) is -0.386. The number of halogens is 2. The first-order chi connectivity index (χ1) is 18.7. The lowest BCUT2D eigenvalue weighted by atomic mass is 10.00. The average molecular weight is 568 g/mol. The second kappa shape index (κ2) is 10.9. The van der Waals surface area contributed by atoms with Crippen molar-refractivity contribution in [2.24, 2.45) is 0 Å². The predicted molar refractivity (Wildman–Crippen MR) is 150 cm³/mol. The average Bonchev–Trinajstić information content (AvgIpc) is 3.71. The largest absolute Gasteiger partial charge is 0.755 e. The molecule has 0 radical (unpaired) electrons. The summed E-state index contributed by atoms with van der Waals surface area (Å²) in [6.45, 7) is 3.54. The summed E-state index contributed by atoms with van der Waals surface area (Å²) in [7, 11) is 1.51. The maximum absolute atomic E-state index is 13.6. The summed E-state index contributed by atoms with van der Waals surface area (Å²) in [5, 5.41) is 12.9. The van der Waals surface area contributed by atoms with Crippen molar-refractivity contribution in [3.05, 3.63) is 94.3 Å². The highest BCUT2D eigenvalue weighted by atomic mass is 35.5. The molecule has 0 saturated heterocycles. The normalized spacial score (nSPS) is 13.9. The van der Waals surface area contributed by atoms with Crippen molar-refractivity contribution in [1.29, 1.82) is 0 Å². The number of amides is 1. The third-order valence-corrected chi connectivity index (χ3v) is 7.79. The van der Waals surface area contributed by atoms with Crippen LogP contribution in [-0.2, 0) is 17.8 Å². The molecule has 1 amide bonds. The van der Waals surface area contributed by atoms with E-state index in [2.05, 4.69) is 11.9 Å². The highest BCUT2D eigenvalue weighted by Crippen LogP contribution is 2.48. The number of carbonyl (C=O) groups is 1. The zero-order valence-corrected chi connectivity index (χ0v) is 22.6. The Morgan fingerprint density at radius 1 is 1.23 bits per heavy atom. The van der Waals surface area contributed by atoms with Crippen molar-refractivity contribution < 1.29 is 27.5 Å². The molecule has 0 spiro atoms. The lowest BCUT2D eigenvalue weighted by Crippen LogP contribution is -2.26. The Balaban J connectivity index is 1.64. The van der Waals surface area contributed by atoms with E-state index in [-0.39, 0.29) is 30.7 Å². The summed E-state index contributed by atoms with van der Waals surface area (Å²) in [6, 6.07) is 14.2. The van der Waals surface area contributed by atoms with Gasteiger partial charge in [0.25, 0.3) is 5.91 Å². The number of nitrogens with zero attached hydrogens (tertiary/aromatic N) is 1. The second-order valence-corrected chi connectivity index (χ2v) is 10.7. The smallest absolute Gasteiger partial charge is 0.255 e.